The summed E-state index contributed by atoms with van der Waals surface area (Å²) in [7, 11) is 0. The third-order valence-electron chi connectivity index (χ3n) is 4.44. The molecule has 0 aliphatic heterocycles. The first kappa shape index (κ1) is 20.3. The maximum absolute atomic E-state index is 12.2. The number of benzene rings is 2. The van der Waals surface area contributed by atoms with Crippen LogP contribution in [0.3, 0.4) is 0 Å². The highest BCUT2D eigenvalue weighted by Crippen LogP contribution is 2.21. The first-order valence-corrected chi connectivity index (χ1v) is 9.44. The van der Waals surface area contributed by atoms with Gasteiger partial charge in [0.05, 0.1) is 6.54 Å². The van der Waals surface area contributed by atoms with E-state index < -0.39 is 0 Å². The molecule has 0 saturated heterocycles. The average molecular weight is 392 g/mol. The van der Waals surface area contributed by atoms with Gasteiger partial charge in [-0.2, -0.15) is 0 Å². The Labute approximate surface area is 169 Å². The van der Waals surface area contributed by atoms with Crippen molar-refractivity contribution in [3.8, 4) is 11.5 Å². The van der Waals surface area contributed by atoms with Crippen LogP contribution in [0.25, 0.3) is 11.5 Å². The lowest BCUT2D eigenvalue weighted by Crippen LogP contribution is -2.33. The molecule has 0 saturated carbocycles. The normalized spacial score (nSPS) is 10.6. The van der Waals surface area contributed by atoms with E-state index in [1.54, 1.807) is 0 Å². The number of aryl methyl sites for hydroxylation is 4. The van der Waals surface area contributed by atoms with Crippen LogP contribution in [-0.4, -0.2) is 28.6 Å². The van der Waals surface area contributed by atoms with Crippen LogP contribution in [0, 0.1) is 20.8 Å². The summed E-state index contributed by atoms with van der Waals surface area (Å²) in [6, 6.07) is 13.4. The summed E-state index contributed by atoms with van der Waals surface area (Å²) in [6.07, 6.45) is 0.468. The first-order chi connectivity index (χ1) is 13.9. The van der Waals surface area contributed by atoms with E-state index in [9.17, 15) is 9.59 Å². The minimum atomic E-state index is -0.266. The van der Waals surface area contributed by atoms with Crippen LogP contribution >= 0.6 is 0 Å². The Bertz CT molecular complexity index is 989. The molecule has 0 aliphatic rings. The van der Waals surface area contributed by atoms with Gasteiger partial charge in [-0.25, -0.2) is 0 Å². The molecule has 0 bridgehead atoms. The van der Waals surface area contributed by atoms with Crippen molar-refractivity contribution >= 4 is 17.5 Å². The van der Waals surface area contributed by atoms with Gasteiger partial charge < -0.3 is 15.1 Å². The zero-order chi connectivity index (χ0) is 20.8. The summed E-state index contributed by atoms with van der Waals surface area (Å²) in [5, 5.41) is 13.4. The molecule has 0 fully saturated rings. The molecule has 3 aromatic rings. The minimum absolute atomic E-state index is 0.0926. The highest BCUT2D eigenvalue weighted by Gasteiger charge is 2.12. The van der Waals surface area contributed by atoms with E-state index >= 15 is 0 Å². The van der Waals surface area contributed by atoms with Gasteiger partial charge in [-0.1, -0.05) is 35.9 Å². The molecule has 2 aromatic carbocycles. The second kappa shape index (κ2) is 9.14. The number of aromatic nitrogens is 2. The van der Waals surface area contributed by atoms with Crippen LogP contribution in [0.15, 0.2) is 46.9 Å². The van der Waals surface area contributed by atoms with Crippen molar-refractivity contribution in [1.82, 2.24) is 15.5 Å². The summed E-state index contributed by atoms with van der Waals surface area (Å²) in [6.45, 7) is 5.81. The molecule has 0 aliphatic carbocycles. The maximum atomic E-state index is 12.2. The van der Waals surface area contributed by atoms with Crippen molar-refractivity contribution in [3.63, 3.8) is 0 Å². The third kappa shape index (κ3) is 5.51. The Morgan fingerprint density at radius 1 is 0.966 bits per heavy atom. The molecule has 150 valence electrons. The molecule has 7 nitrogen and oxygen atoms in total. The molecule has 0 radical (unpaired) electrons. The number of amides is 2. The molecule has 0 spiro atoms. The molecule has 2 amide bonds. The number of nitrogens with zero attached hydrogens (tertiary/aromatic N) is 2. The predicted molar refractivity (Wildman–Crippen MR) is 110 cm³/mol. The van der Waals surface area contributed by atoms with Crippen molar-refractivity contribution in [2.45, 2.75) is 33.6 Å². The molecule has 7 heteroatoms. The van der Waals surface area contributed by atoms with Crippen LogP contribution in [0.5, 0.6) is 0 Å². The molecule has 1 aromatic heterocycles. The van der Waals surface area contributed by atoms with Crippen molar-refractivity contribution < 1.29 is 14.0 Å². The fourth-order valence-corrected chi connectivity index (χ4v) is 3.10. The van der Waals surface area contributed by atoms with Gasteiger partial charge in [0.25, 0.3) is 0 Å². The number of hydrogen-bond acceptors (Lipinski definition) is 5. The summed E-state index contributed by atoms with van der Waals surface area (Å²) in [5.74, 6) is 0.285. The zero-order valence-corrected chi connectivity index (χ0v) is 16.8. The maximum Gasteiger partial charge on any atom is 0.247 e. The van der Waals surface area contributed by atoms with E-state index in [2.05, 4.69) is 20.8 Å². The van der Waals surface area contributed by atoms with E-state index in [0.29, 0.717) is 18.2 Å². The number of carbonyl (C=O) groups is 2. The van der Waals surface area contributed by atoms with Gasteiger partial charge in [-0.15, -0.1) is 10.2 Å². The molecule has 1 heterocycles. The fraction of sp³-hybridized carbons (Fsp3) is 0.273. The minimum Gasteiger partial charge on any atom is -0.421 e. The van der Waals surface area contributed by atoms with E-state index in [-0.39, 0.29) is 24.8 Å². The van der Waals surface area contributed by atoms with Crippen LogP contribution < -0.4 is 10.6 Å². The van der Waals surface area contributed by atoms with Gasteiger partial charge in [0.1, 0.15) is 0 Å². The molecular formula is C22H24N4O3. The number of hydrogen-bond donors (Lipinski definition) is 2. The highest BCUT2D eigenvalue weighted by molar-refractivity contribution is 5.95. The first-order valence-electron chi connectivity index (χ1n) is 9.44. The lowest BCUT2D eigenvalue weighted by atomic mass is 10.1. The van der Waals surface area contributed by atoms with Crippen molar-refractivity contribution in [3.05, 3.63) is 65.0 Å². The number of rotatable bonds is 7. The van der Waals surface area contributed by atoms with Gasteiger partial charge in [0, 0.05) is 24.1 Å². The number of carbonyl (C=O) groups excluding carboxylic acids is 2. The smallest absolute Gasteiger partial charge is 0.247 e. The Hall–Kier alpha value is -3.48. The Morgan fingerprint density at radius 3 is 2.34 bits per heavy atom. The predicted octanol–water partition coefficient (Wildman–Crippen LogP) is 3.35. The quantitative estimate of drug-likeness (QED) is 0.643. The van der Waals surface area contributed by atoms with E-state index in [1.165, 1.54) is 0 Å². The molecular weight excluding hydrogens is 368 g/mol. The summed E-state index contributed by atoms with van der Waals surface area (Å²) in [5.41, 5.74) is 4.74. The highest BCUT2D eigenvalue weighted by atomic mass is 16.4. The van der Waals surface area contributed by atoms with Crippen LogP contribution in [-0.2, 0) is 16.0 Å². The van der Waals surface area contributed by atoms with Crippen molar-refractivity contribution in [1.29, 1.82) is 0 Å². The summed E-state index contributed by atoms with van der Waals surface area (Å²) >= 11 is 0. The average Bonchev–Trinajstić information content (AvgIpc) is 3.17. The van der Waals surface area contributed by atoms with Crippen LogP contribution in [0.1, 0.15) is 29.0 Å². The van der Waals surface area contributed by atoms with Crippen LogP contribution in [0.4, 0.5) is 5.69 Å². The third-order valence-corrected chi connectivity index (χ3v) is 4.44. The molecule has 2 N–H and O–H groups in total. The van der Waals surface area contributed by atoms with E-state index in [0.717, 1.165) is 27.9 Å². The lowest BCUT2D eigenvalue weighted by Gasteiger charge is -2.13. The number of nitrogens with one attached hydrogen (secondary N) is 2. The van der Waals surface area contributed by atoms with Crippen molar-refractivity contribution in [2.75, 3.05) is 11.9 Å². The van der Waals surface area contributed by atoms with Gasteiger partial charge in [-0.3, -0.25) is 9.59 Å². The van der Waals surface area contributed by atoms with Crippen molar-refractivity contribution in [2.24, 2.45) is 0 Å². The monoisotopic (exact) mass is 392 g/mol. The Morgan fingerprint density at radius 2 is 1.66 bits per heavy atom. The topological polar surface area (TPSA) is 97.1 Å². The number of anilines is 1. The zero-order valence-electron chi connectivity index (χ0n) is 16.8. The standard InChI is InChI=1S/C22H24N4O3/c1-14-11-15(2)21(16(3)12-14)24-19(28)13-23-18(27)9-10-20-25-26-22(29-20)17-7-5-4-6-8-17/h4-8,11-12H,9-10,13H2,1-3H3,(H,23,27)(H,24,28). The Kier molecular flexibility index (Phi) is 6.39. The fourth-order valence-electron chi connectivity index (χ4n) is 3.10. The van der Waals surface area contributed by atoms with E-state index in [1.807, 2.05) is 63.2 Å². The summed E-state index contributed by atoms with van der Waals surface area (Å²) < 4.78 is 5.58. The van der Waals surface area contributed by atoms with Crippen LogP contribution in [0.2, 0.25) is 0 Å². The largest absolute Gasteiger partial charge is 0.421 e. The second-order valence-electron chi connectivity index (χ2n) is 6.97. The van der Waals surface area contributed by atoms with Gasteiger partial charge >= 0.3 is 0 Å². The Balaban J connectivity index is 1.46. The molecule has 29 heavy (non-hydrogen) atoms. The van der Waals surface area contributed by atoms with Gasteiger partial charge in [0.2, 0.25) is 23.6 Å². The van der Waals surface area contributed by atoms with E-state index in [4.69, 9.17) is 4.42 Å². The molecule has 3 rings (SSSR count). The second-order valence-corrected chi connectivity index (χ2v) is 6.97. The molecule has 0 atom stereocenters. The summed E-state index contributed by atoms with van der Waals surface area (Å²) in [4.78, 5) is 24.2. The molecule has 0 unspecified atom stereocenters. The van der Waals surface area contributed by atoms with Gasteiger partial charge in [0.15, 0.2) is 0 Å². The SMILES string of the molecule is Cc1cc(C)c(NC(=O)CNC(=O)CCc2nnc(-c3ccccc3)o2)c(C)c1. The lowest BCUT2D eigenvalue weighted by molar-refractivity contribution is -0.124. The van der Waals surface area contributed by atoms with Gasteiger partial charge in [-0.05, 0) is 44.0 Å².